The number of imidazole rings is 1. The molecule has 0 bridgehead atoms. The van der Waals surface area contributed by atoms with E-state index in [-0.39, 0.29) is 6.61 Å². The highest BCUT2D eigenvalue weighted by molar-refractivity contribution is 9.10. The Morgan fingerprint density at radius 1 is 0.959 bits per heavy atom. The van der Waals surface area contributed by atoms with Crippen LogP contribution in [-0.4, -0.2) is 110 Å². The predicted molar refractivity (Wildman–Crippen MR) is 164 cm³/mol. The number of nitrogens with zero attached hydrogens (tertiary/aromatic N) is 6. The zero-order valence-electron chi connectivity index (χ0n) is 24.9. The molecular weight excluding hydrogens is 736 g/mol. The fraction of sp³-hybridized carbons (Fsp3) is 0.310. The molecule has 3 aromatic heterocycles. The van der Waals surface area contributed by atoms with Crippen LogP contribution in [0.1, 0.15) is 5.56 Å². The first-order chi connectivity index (χ1) is 23.0. The molecule has 0 radical (unpaired) electrons. The normalized spacial score (nSPS) is 14.1. The van der Waals surface area contributed by atoms with E-state index in [0.29, 0.717) is 23.5 Å². The number of pyridine rings is 2. The second kappa shape index (κ2) is 16.9. The van der Waals surface area contributed by atoms with Gasteiger partial charge in [-0.25, -0.2) is 24.5 Å². The Bertz CT molecular complexity index is 1720. The third-order valence-corrected chi connectivity index (χ3v) is 6.84. The van der Waals surface area contributed by atoms with E-state index in [1.165, 1.54) is 0 Å². The molecule has 0 aliphatic carbocycles. The number of alkyl halides is 6. The Labute approximate surface area is 281 Å². The van der Waals surface area contributed by atoms with Gasteiger partial charge in [-0.05, 0) is 58.4 Å². The summed E-state index contributed by atoms with van der Waals surface area (Å²) >= 11 is 3.42. The minimum absolute atomic E-state index is 0.222. The molecule has 4 N–H and O–H groups in total. The van der Waals surface area contributed by atoms with Crippen molar-refractivity contribution in [1.82, 2.24) is 24.8 Å². The molecule has 1 aliphatic heterocycles. The summed E-state index contributed by atoms with van der Waals surface area (Å²) in [5.41, 5.74) is 3.03. The molecule has 20 heteroatoms. The maximum Gasteiger partial charge on any atom is 0.490 e. The summed E-state index contributed by atoms with van der Waals surface area (Å²) in [6.07, 6.45) is -7.43. The summed E-state index contributed by atoms with van der Waals surface area (Å²) in [6.45, 7) is 4.07. The lowest BCUT2D eigenvalue weighted by Gasteiger charge is -2.36. The van der Waals surface area contributed by atoms with E-state index >= 15 is 0 Å². The molecule has 1 aliphatic rings. The van der Waals surface area contributed by atoms with Gasteiger partial charge in [-0.3, -0.25) is 4.90 Å². The number of carboxylic acids is 2. The highest BCUT2D eigenvalue weighted by atomic mass is 79.9. The molecule has 0 amide bonds. The van der Waals surface area contributed by atoms with Gasteiger partial charge in [0.1, 0.15) is 36.2 Å². The van der Waals surface area contributed by atoms with Crippen molar-refractivity contribution in [2.24, 2.45) is 0 Å². The summed E-state index contributed by atoms with van der Waals surface area (Å²) in [5.74, 6) is -3.20. The van der Waals surface area contributed by atoms with Crippen molar-refractivity contribution in [3.8, 4) is 23.2 Å². The summed E-state index contributed by atoms with van der Waals surface area (Å²) in [4.78, 5) is 38.7. The van der Waals surface area contributed by atoms with E-state index in [0.717, 1.165) is 53.4 Å². The van der Waals surface area contributed by atoms with Gasteiger partial charge >= 0.3 is 24.3 Å². The van der Waals surface area contributed by atoms with E-state index < -0.39 is 30.4 Å². The van der Waals surface area contributed by atoms with Crippen LogP contribution in [0.15, 0.2) is 59.3 Å². The SMILES string of the molecule is N#Cc1ccc(N2CCN(CC(O)COc3ccc(-c4nc5ncc(Br)cc5[nH]4)cc3)CC2)nc1.O=C(O)C(F)(F)F.O=C(O)C(F)(F)F. The standard InChI is InChI=1S/C25H24BrN7O2.2C2HF3O2/c26-19-11-22-25(29-14-19)31-24(30-22)18-2-4-21(5-3-18)35-16-20(34)15-32-7-9-33(10-8-32)23-6-1-17(12-27)13-28-23;2*3-2(4,5)1(6)7/h1-6,11,13-14,20,34H,7-10,15-16H2,(H,29,30,31);2*(H,6,7). The molecule has 1 aromatic carbocycles. The molecule has 49 heavy (non-hydrogen) atoms. The number of aromatic amines is 1. The molecule has 5 rings (SSSR count). The zero-order valence-corrected chi connectivity index (χ0v) is 26.5. The number of aliphatic carboxylic acids is 2. The first kappa shape index (κ1) is 38.4. The Balaban J connectivity index is 0.000000392. The molecule has 0 saturated carbocycles. The van der Waals surface area contributed by atoms with Crippen LogP contribution in [0.25, 0.3) is 22.6 Å². The Morgan fingerprint density at radius 2 is 1.55 bits per heavy atom. The summed E-state index contributed by atoms with van der Waals surface area (Å²) in [7, 11) is 0. The number of anilines is 1. The van der Waals surface area contributed by atoms with Gasteiger partial charge in [0.05, 0.1) is 11.1 Å². The van der Waals surface area contributed by atoms with Gasteiger partial charge in [0.15, 0.2) is 5.65 Å². The highest BCUT2D eigenvalue weighted by Gasteiger charge is 2.38. The van der Waals surface area contributed by atoms with Gasteiger partial charge in [-0.1, -0.05) is 0 Å². The van der Waals surface area contributed by atoms with Gasteiger partial charge in [0, 0.05) is 55.2 Å². The average molecular weight is 762 g/mol. The Kier molecular flexibility index (Phi) is 13.3. The first-order valence-corrected chi connectivity index (χ1v) is 14.6. The number of rotatable bonds is 7. The first-order valence-electron chi connectivity index (χ1n) is 13.8. The summed E-state index contributed by atoms with van der Waals surface area (Å²) < 4.78 is 70.2. The molecule has 262 valence electrons. The van der Waals surface area contributed by atoms with Crippen LogP contribution in [0.4, 0.5) is 32.2 Å². The lowest BCUT2D eigenvalue weighted by Crippen LogP contribution is -2.49. The molecule has 4 heterocycles. The van der Waals surface area contributed by atoms with E-state index in [2.05, 4.69) is 51.7 Å². The van der Waals surface area contributed by atoms with Crippen molar-refractivity contribution in [2.45, 2.75) is 18.5 Å². The number of H-pyrrole nitrogens is 1. The number of nitriles is 1. The zero-order chi connectivity index (χ0) is 36.4. The van der Waals surface area contributed by atoms with Crippen LogP contribution < -0.4 is 9.64 Å². The van der Waals surface area contributed by atoms with Crippen molar-refractivity contribution in [3.05, 3.63) is 64.9 Å². The van der Waals surface area contributed by atoms with E-state index in [4.69, 9.17) is 29.8 Å². The second-order valence-electron chi connectivity index (χ2n) is 10.0. The fourth-order valence-electron chi connectivity index (χ4n) is 4.06. The molecule has 13 nitrogen and oxygen atoms in total. The van der Waals surface area contributed by atoms with Crippen molar-refractivity contribution in [2.75, 3.05) is 44.2 Å². The maximum atomic E-state index is 10.6. The molecular formula is C29H26BrF6N7O6. The third kappa shape index (κ3) is 12.2. The van der Waals surface area contributed by atoms with Crippen LogP contribution in [0.3, 0.4) is 0 Å². The number of aliphatic hydroxyl groups excluding tert-OH is 1. The number of aromatic nitrogens is 4. The number of nitrogens with one attached hydrogen (secondary N) is 1. The number of β-amino-alcohol motifs (C(OH)–C–C–N with tert-alkyl or cyclic N) is 1. The molecule has 4 aromatic rings. The van der Waals surface area contributed by atoms with Gasteiger partial charge < -0.3 is 29.9 Å². The minimum Gasteiger partial charge on any atom is -0.491 e. The van der Waals surface area contributed by atoms with Gasteiger partial charge in [-0.15, -0.1) is 0 Å². The van der Waals surface area contributed by atoms with E-state index in [9.17, 15) is 31.4 Å². The van der Waals surface area contributed by atoms with E-state index in [1.54, 1.807) is 18.5 Å². The van der Waals surface area contributed by atoms with Crippen LogP contribution in [-0.2, 0) is 9.59 Å². The van der Waals surface area contributed by atoms with Gasteiger partial charge in [0.25, 0.3) is 0 Å². The number of piperazine rings is 1. The molecule has 1 atom stereocenters. The van der Waals surface area contributed by atoms with Crippen molar-refractivity contribution in [1.29, 1.82) is 5.26 Å². The van der Waals surface area contributed by atoms with E-state index in [1.807, 2.05) is 36.4 Å². The molecule has 1 saturated heterocycles. The van der Waals surface area contributed by atoms with Crippen LogP contribution >= 0.6 is 15.9 Å². The molecule has 1 unspecified atom stereocenters. The maximum absolute atomic E-state index is 10.6. The second-order valence-corrected chi connectivity index (χ2v) is 10.9. The number of carboxylic acid groups (broad SMARTS) is 2. The smallest absolute Gasteiger partial charge is 0.490 e. The fourth-order valence-corrected chi connectivity index (χ4v) is 4.39. The quantitative estimate of drug-likeness (QED) is 0.194. The molecule has 1 fully saturated rings. The van der Waals surface area contributed by atoms with Crippen LogP contribution in [0, 0.1) is 11.3 Å². The monoisotopic (exact) mass is 761 g/mol. The highest BCUT2D eigenvalue weighted by Crippen LogP contribution is 2.24. The van der Waals surface area contributed by atoms with Crippen molar-refractivity contribution < 1.29 is 56.0 Å². The Morgan fingerprint density at radius 3 is 2.06 bits per heavy atom. The van der Waals surface area contributed by atoms with Gasteiger partial charge in [0.2, 0.25) is 0 Å². The number of fused-ring (bicyclic) bond motifs is 1. The third-order valence-electron chi connectivity index (χ3n) is 6.40. The van der Waals surface area contributed by atoms with Gasteiger partial charge in [-0.2, -0.15) is 31.6 Å². The van der Waals surface area contributed by atoms with Crippen LogP contribution in [0.2, 0.25) is 0 Å². The molecule has 0 spiro atoms. The average Bonchev–Trinajstić information content (AvgIpc) is 3.47. The summed E-state index contributed by atoms with van der Waals surface area (Å²) in [5, 5.41) is 33.7. The number of hydrogen-bond acceptors (Lipinski definition) is 10. The van der Waals surface area contributed by atoms with Crippen LogP contribution in [0.5, 0.6) is 5.75 Å². The minimum atomic E-state index is -5.08. The van der Waals surface area contributed by atoms with Crippen molar-refractivity contribution >= 4 is 44.9 Å². The number of carbonyl (C=O) groups is 2. The topological polar surface area (TPSA) is 189 Å². The number of aliphatic hydroxyl groups is 1. The predicted octanol–water partition coefficient (Wildman–Crippen LogP) is 4.48. The lowest BCUT2D eigenvalue weighted by molar-refractivity contribution is -0.193. The summed E-state index contributed by atoms with van der Waals surface area (Å²) in [6, 6.07) is 15.3. The number of halogens is 7. The van der Waals surface area contributed by atoms with Crippen molar-refractivity contribution in [3.63, 3.8) is 0 Å². The Hall–Kier alpha value is -5.00. The largest absolute Gasteiger partial charge is 0.491 e. The number of hydrogen-bond donors (Lipinski definition) is 4. The number of benzene rings is 1. The lowest BCUT2D eigenvalue weighted by atomic mass is 10.2. The number of ether oxygens (including phenoxy) is 1.